The second-order valence-corrected chi connectivity index (χ2v) is 3.77. The average Bonchev–Trinajstić information content (AvgIpc) is 2.29. The van der Waals surface area contributed by atoms with Gasteiger partial charge in [0.25, 0.3) is 5.91 Å². The fourth-order valence-corrected chi connectivity index (χ4v) is 1.43. The number of pyridine rings is 1. The first-order valence-corrected chi connectivity index (χ1v) is 5.62. The molecule has 17 heavy (non-hydrogen) atoms. The molecule has 1 unspecified atom stereocenters. The molecule has 0 aromatic carbocycles. The summed E-state index contributed by atoms with van der Waals surface area (Å²) in [5, 5.41) is 2.52. The van der Waals surface area contributed by atoms with E-state index in [1.807, 2.05) is 0 Å². The van der Waals surface area contributed by atoms with Gasteiger partial charge in [-0.15, -0.1) is 0 Å². The zero-order valence-electron chi connectivity index (χ0n) is 9.65. The first kappa shape index (κ1) is 13.4. The van der Waals surface area contributed by atoms with Crippen LogP contribution in [0.5, 0.6) is 0 Å². The average molecular weight is 254 g/mol. The highest BCUT2D eigenvalue weighted by Crippen LogP contribution is 2.00. The van der Waals surface area contributed by atoms with Crippen molar-refractivity contribution < 1.29 is 14.3 Å². The third-order valence-electron chi connectivity index (χ3n) is 2.05. The van der Waals surface area contributed by atoms with Crippen molar-refractivity contribution >= 4 is 24.1 Å². The smallest absolute Gasteiger partial charge is 0.328 e. The summed E-state index contributed by atoms with van der Waals surface area (Å²) in [5.74, 6) is -0.862. The standard InChI is InChI=1S/C11H14N2O3S/c1-3-16-11(15)7(2)13-9(14)8-5-4-6-12-10(8)17/h4-7H,3H2,1-2H3,(H,12,17)(H,13,14). The van der Waals surface area contributed by atoms with Crippen LogP contribution in [-0.4, -0.2) is 29.5 Å². The predicted octanol–water partition coefficient (Wildman–Crippen LogP) is 1.43. The minimum absolute atomic E-state index is 0.282. The number of hydrogen-bond donors (Lipinski definition) is 2. The number of aromatic amines is 1. The molecule has 92 valence electrons. The molecule has 1 rings (SSSR count). The first-order valence-electron chi connectivity index (χ1n) is 5.21. The number of amides is 1. The fourth-order valence-electron chi connectivity index (χ4n) is 1.20. The van der Waals surface area contributed by atoms with Crippen molar-refractivity contribution in [2.24, 2.45) is 0 Å². The molecule has 1 atom stereocenters. The third-order valence-corrected chi connectivity index (χ3v) is 2.39. The molecule has 0 aliphatic rings. The maximum absolute atomic E-state index is 11.8. The lowest BCUT2D eigenvalue weighted by Gasteiger charge is -2.12. The van der Waals surface area contributed by atoms with E-state index in [0.29, 0.717) is 10.2 Å². The number of nitrogens with one attached hydrogen (secondary N) is 2. The normalized spacial score (nSPS) is 11.6. The highest BCUT2D eigenvalue weighted by atomic mass is 32.1. The van der Waals surface area contributed by atoms with Crippen molar-refractivity contribution in [2.45, 2.75) is 19.9 Å². The number of H-pyrrole nitrogens is 1. The van der Waals surface area contributed by atoms with Crippen molar-refractivity contribution in [2.75, 3.05) is 6.61 Å². The molecule has 0 bridgehead atoms. The van der Waals surface area contributed by atoms with E-state index in [0.717, 1.165) is 0 Å². The maximum Gasteiger partial charge on any atom is 0.328 e. The number of carbonyl (C=O) groups excluding carboxylic acids is 2. The van der Waals surface area contributed by atoms with Crippen molar-refractivity contribution in [3.05, 3.63) is 28.5 Å². The van der Waals surface area contributed by atoms with Crippen LogP contribution < -0.4 is 5.32 Å². The molecule has 1 amide bonds. The highest BCUT2D eigenvalue weighted by Gasteiger charge is 2.17. The largest absolute Gasteiger partial charge is 0.464 e. The maximum atomic E-state index is 11.8. The Morgan fingerprint density at radius 2 is 2.29 bits per heavy atom. The van der Waals surface area contributed by atoms with Gasteiger partial charge in [-0.05, 0) is 26.0 Å². The van der Waals surface area contributed by atoms with E-state index in [2.05, 4.69) is 10.3 Å². The topological polar surface area (TPSA) is 71.2 Å². The third kappa shape index (κ3) is 3.67. The fraction of sp³-hybridized carbons (Fsp3) is 0.364. The van der Waals surface area contributed by atoms with E-state index in [4.69, 9.17) is 17.0 Å². The lowest BCUT2D eigenvalue weighted by Crippen LogP contribution is -2.39. The number of esters is 1. The summed E-state index contributed by atoms with van der Waals surface area (Å²) >= 11 is 4.97. The van der Waals surface area contributed by atoms with Gasteiger partial charge in [-0.3, -0.25) is 4.79 Å². The van der Waals surface area contributed by atoms with Gasteiger partial charge in [-0.2, -0.15) is 0 Å². The van der Waals surface area contributed by atoms with Crippen LogP contribution in [0, 0.1) is 4.64 Å². The van der Waals surface area contributed by atoms with Gasteiger partial charge >= 0.3 is 5.97 Å². The Morgan fingerprint density at radius 1 is 1.59 bits per heavy atom. The molecule has 0 spiro atoms. The summed E-state index contributed by atoms with van der Waals surface area (Å²) in [6.07, 6.45) is 1.63. The molecule has 0 aliphatic carbocycles. The van der Waals surface area contributed by atoms with Crippen LogP contribution in [0.25, 0.3) is 0 Å². The Labute approximate surface area is 104 Å². The predicted molar refractivity (Wildman–Crippen MR) is 65.2 cm³/mol. The van der Waals surface area contributed by atoms with Gasteiger partial charge in [-0.1, -0.05) is 12.2 Å². The van der Waals surface area contributed by atoms with Crippen LogP contribution in [0.3, 0.4) is 0 Å². The molecule has 0 fully saturated rings. The Kier molecular flexibility index (Phi) is 4.84. The van der Waals surface area contributed by atoms with E-state index in [9.17, 15) is 9.59 Å². The quantitative estimate of drug-likeness (QED) is 0.630. The van der Waals surface area contributed by atoms with Crippen LogP contribution in [-0.2, 0) is 9.53 Å². The van der Waals surface area contributed by atoms with E-state index < -0.39 is 17.9 Å². The van der Waals surface area contributed by atoms with Crippen LogP contribution in [0.1, 0.15) is 24.2 Å². The molecular weight excluding hydrogens is 240 g/mol. The van der Waals surface area contributed by atoms with Gasteiger partial charge in [0, 0.05) is 6.20 Å². The van der Waals surface area contributed by atoms with Crippen molar-refractivity contribution in [1.82, 2.24) is 10.3 Å². The number of rotatable bonds is 4. The molecule has 0 radical (unpaired) electrons. The van der Waals surface area contributed by atoms with Crippen LogP contribution >= 0.6 is 12.2 Å². The summed E-state index contributed by atoms with van der Waals surface area (Å²) in [4.78, 5) is 25.8. The summed E-state index contributed by atoms with van der Waals surface area (Å²) in [5.41, 5.74) is 0.332. The molecule has 2 N–H and O–H groups in total. The van der Waals surface area contributed by atoms with E-state index >= 15 is 0 Å². The zero-order chi connectivity index (χ0) is 12.8. The van der Waals surface area contributed by atoms with Gasteiger partial charge in [-0.25, -0.2) is 4.79 Å². The van der Waals surface area contributed by atoms with Gasteiger partial charge in [0.2, 0.25) is 0 Å². The minimum atomic E-state index is -0.697. The number of carbonyl (C=O) groups is 2. The lowest BCUT2D eigenvalue weighted by molar-refractivity contribution is -0.144. The lowest BCUT2D eigenvalue weighted by atomic mass is 10.2. The number of aromatic nitrogens is 1. The first-order chi connectivity index (χ1) is 8.06. The molecule has 1 heterocycles. The van der Waals surface area contributed by atoms with E-state index in [1.54, 1.807) is 32.2 Å². The Balaban J connectivity index is 2.70. The van der Waals surface area contributed by atoms with Crippen molar-refractivity contribution in [3.63, 3.8) is 0 Å². The van der Waals surface area contributed by atoms with Crippen LogP contribution in [0.2, 0.25) is 0 Å². The monoisotopic (exact) mass is 254 g/mol. The van der Waals surface area contributed by atoms with Gasteiger partial charge in [0.15, 0.2) is 0 Å². The molecule has 1 aromatic rings. The number of ether oxygens (including phenoxy) is 1. The van der Waals surface area contributed by atoms with E-state index in [1.165, 1.54) is 0 Å². The Morgan fingerprint density at radius 3 is 2.88 bits per heavy atom. The molecule has 0 saturated heterocycles. The molecular formula is C11H14N2O3S. The van der Waals surface area contributed by atoms with Gasteiger partial charge in [0.1, 0.15) is 10.7 Å². The minimum Gasteiger partial charge on any atom is -0.464 e. The van der Waals surface area contributed by atoms with Crippen molar-refractivity contribution in [1.29, 1.82) is 0 Å². The van der Waals surface area contributed by atoms with Gasteiger partial charge < -0.3 is 15.0 Å². The highest BCUT2D eigenvalue weighted by molar-refractivity contribution is 7.71. The zero-order valence-corrected chi connectivity index (χ0v) is 10.5. The SMILES string of the molecule is CCOC(=O)C(C)NC(=O)c1ccc[nH]c1=S. The molecule has 0 saturated carbocycles. The summed E-state index contributed by atoms with van der Waals surface area (Å²) in [6.45, 7) is 3.55. The second kappa shape index (κ2) is 6.15. The Bertz CT molecular complexity index is 470. The molecule has 6 heteroatoms. The molecule has 0 aliphatic heterocycles. The van der Waals surface area contributed by atoms with E-state index in [-0.39, 0.29) is 6.61 Å². The van der Waals surface area contributed by atoms with Crippen molar-refractivity contribution in [3.8, 4) is 0 Å². The molecule has 5 nitrogen and oxygen atoms in total. The summed E-state index contributed by atoms with van der Waals surface area (Å²) in [6, 6.07) is 2.56. The van der Waals surface area contributed by atoms with Crippen LogP contribution in [0.15, 0.2) is 18.3 Å². The van der Waals surface area contributed by atoms with Crippen LogP contribution in [0.4, 0.5) is 0 Å². The summed E-state index contributed by atoms with van der Waals surface area (Å²) < 4.78 is 5.12. The molecule has 1 aromatic heterocycles. The second-order valence-electron chi connectivity index (χ2n) is 3.36. The Hall–Kier alpha value is -1.69. The summed E-state index contributed by atoms with van der Waals surface area (Å²) in [7, 11) is 0. The van der Waals surface area contributed by atoms with Gasteiger partial charge in [0.05, 0.1) is 12.2 Å². The number of hydrogen-bond acceptors (Lipinski definition) is 4.